The predicted molar refractivity (Wildman–Crippen MR) is 79.2 cm³/mol. The second kappa shape index (κ2) is 7.32. The van der Waals surface area contributed by atoms with Gasteiger partial charge in [-0.1, -0.05) is 24.3 Å². The van der Waals surface area contributed by atoms with Crippen LogP contribution in [0.1, 0.15) is 24.2 Å². The molecule has 2 aromatic carbocycles. The number of rotatable bonds is 6. The van der Waals surface area contributed by atoms with E-state index in [0.29, 0.717) is 29.2 Å². The van der Waals surface area contributed by atoms with Crippen molar-refractivity contribution in [3.63, 3.8) is 0 Å². The number of nitrogens with zero attached hydrogens (tertiary/aromatic N) is 1. The van der Waals surface area contributed by atoms with Gasteiger partial charge in [0, 0.05) is 0 Å². The molecule has 0 saturated carbocycles. The quantitative estimate of drug-likeness (QED) is 0.885. The zero-order valence-electron chi connectivity index (χ0n) is 11.8. The van der Waals surface area contributed by atoms with Crippen LogP contribution in [0.15, 0.2) is 48.5 Å². The van der Waals surface area contributed by atoms with Gasteiger partial charge in [-0.2, -0.15) is 5.26 Å². The first kappa shape index (κ1) is 14.9. The Bertz CT molecular complexity index is 617. The summed E-state index contributed by atoms with van der Waals surface area (Å²) in [4.78, 5) is 0. The highest BCUT2D eigenvalue weighted by Gasteiger charge is 2.10. The van der Waals surface area contributed by atoms with Crippen LogP contribution in [-0.4, -0.2) is 18.3 Å². The molecule has 4 heteroatoms. The summed E-state index contributed by atoms with van der Waals surface area (Å²) in [7, 11) is 0. The Morgan fingerprint density at radius 3 is 2.24 bits per heavy atom. The average Bonchev–Trinajstić information content (AvgIpc) is 2.54. The lowest BCUT2D eigenvalue weighted by Gasteiger charge is -2.15. The van der Waals surface area contributed by atoms with Crippen LogP contribution in [0.2, 0.25) is 0 Å². The van der Waals surface area contributed by atoms with Gasteiger partial charge >= 0.3 is 0 Å². The predicted octanol–water partition coefficient (Wildman–Crippen LogP) is 3.07. The van der Waals surface area contributed by atoms with Gasteiger partial charge in [-0.3, -0.25) is 0 Å². The van der Waals surface area contributed by atoms with Crippen molar-refractivity contribution in [2.45, 2.75) is 13.0 Å². The third kappa shape index (κ3) is 3.98. The first-order valence-electron chi connectivity index (χ1n) is 6.77. The number of hydrogen-bond donors (Lipinski definition) is 1. The number of para-hydroxylation sites is 2. The molecule has 1 atom stereocenters. The van der Waals surface area contributed by atoms with Crippen molar-refractivity contribution < 1.29 is 14.6 Å². The van der Waals surface area contributed by atoms with Gasteiger partial charge in [-0.15, -0.1) is 0 Å². The van der Waals surface area contributed by atoms with Crippen molar-refractivity contribution in [2.75, 3.05) is 13.2 Å². The van der Waals surface area contributed by atoms with Crippen LogP contribution in [0, 0.1) is 11.3 Å². The summed E-state index contributed by atoms with van der Waals surface area (Å²) in [5, 5.41) is 18.9. The summed E-state index contributed by atoms with van der Waals surface area (Å²) in [6.07, 6.45) is -0.757. The Kier molecular flexibility index (Phi) is 5.19. The van der Waals surface area contributed by atoms with Crippen LogP contribution in [-0.2, 0) is 0 Å². The molecular formula is C17H17NO3. The summed E-state index contributed by atoms with van der Waals surface area (Å²) in [6, 6.07) is 16.2. The number of ether oxygens (including phenoxy) is 2. The lowest BCUT2D eigenvalue weighted by molar-refractivity contribution is 0.106. The highest BCUT2D eigenvalue weighted by atomic mass is 16.5. The highest BCUT2D eigenvalue weighted by Crippen LogP contribution is 2.27. The lowest BCUT2D eigenvalue weighted by Crippen LogP contribution is -2.10. The van der Waals surface area contributed by atoms with Gasteiger partial charge in [0.15, 0.2) is 11.5 Å². The molecule has 1 unspecified atom stereocenters. The number of benzene rings is 2. The minimum atomic E-state index is -0.757. The van der Waals surface area contributed by atoms with E-state index in [-0.39, 0.29) is 6.61 Å². The summed E-state index contributed by atoms with van der Waals surface area (Å²) < 4.78 is 11.1. The van der Waals surface area contributed by atoms with E-state index in [1.165, 1.54) is 0 Å². The Hall–Kier alpha value is -2.51. The van der Waals surface area contributed by atoms with E-state index in [4.69, 9.17) is 14.7 Å². The van der Waals surface area contributed by atoms with Crippen LogP contribution in [0.25, 0.3) is 0 Å². The van der Waals surface area contributed by atoms with Crippen LogP contribution in [0.3, 0.4) is 0 Å². The largest absolute Gasteiger partial charge is 0.490 e. The third-order valence-electron chi connectivity index (χ3n) is 2.97. The van der Waals surface area contributed by atoms with E-state index in [1.807, 2.05) is 31.2 Å². The van der Waals surface area contributed by atoms with Crippen LogP contribution in [0.5, 0.6) is 11.5 Å². The number of hydrogen-bond acceptors (Lipinski definition) is 4. The van der Waals surface area contributed by atoms with E-state index in [9.17, 15) is 5.11 Å². The first-order valence-corrected chi connectivity index (χ1v) is 6.77. The maximum Gasteiger partial charge on any atom is 0.161 e. The maximum absolute atomic E-state index is 10.1. The number of aliphatic hydroxyl groups is 1. The molecule has 0 radical (unpaired) electrons. The monoisotopic (exact) mass is 283 g/mol. The van der Waals surface area contributed by atoms with Crippen molar-refractivity contribution in [3.8, 4) is 17.6 Å². The Morgan fingerprint density at radius 2 is 1.67 bits per heavy atom. The standard InChI is InChI=1S/C17H17NO3/c1-2-20-16-5-3-4-6-17(16)21-12-15(19)14-9-7-13(11-18)8-10-14/h3-10,15,19H,2,12H2,1H3. The van der Waals surface area contributed by atoms with E-state index in [2.05, 4.69) is 0 Å². The summed E-state index contributed by atoms with van der Waals surface area (Å²) >= 11 is 0. The Balaban J connectivity index is 2.00. The molecule has 0 saturated heterocycles. The van der Waals surface area contributed by atoms with Gasteiger partial charge in [0.05, 0.1) is 18.2 Å². The SMILES string of the molecule is CCOc1ccccc1OCC(O)c1ccc(C#N)cc1. The second-order valence-electron chi connectivity index (χ2n) is 4.44. The molecule has 4 nitrogen and oxygen atoms in total. The molecule has 0 amide bonds. The fourth-order valence-corrected chi connectivity index (χ4v) is 1.89. The van der Waals surface area contributed by atoms with Crippen LogP contribution < -0.4 is 9.47 Å². The van der Waals surface area contributed by atoms with Gasteiger partial charge in [-0.05, 0) is 36.8 Å². The summed E-state index contributed by atoms with van der Waals surface area (Å²) in [5.41, 5.74) is 1.27. The third-order valence-corrected chi connectivity index (χ3v) is 2.97. The fourth-order valence-electron chi connectivity index (χ4n) is 1.89. The minimum Gasteiger partial charge on any atom is -0.490 e. The molecule has 1 N–H and O–H groups in total. The maximum atomic E-state index is 10.1. The first-order chi connectivity index (χ1) is 10.2. The average molecular weight is 283 g/mol. The summed E-state index contributed by atoms with van der Waals surface area (Å²) in [5.74, 6) is 1.26. The van der Waals surface area contributed by atoms with Crippen LogP contribution in [0.4, 0.5) is 0 Å². The van der Waals surface area contributed by atoms with Gasteiger partial charge in [-0.25, -0.2) is 0 Å². The zero-order valence-corrected chi connectivity index (χ0v) is 11.8. The number of nitriles is 1. The molecule has 2 aromatic rings. The molecule has 0 aliphatic rings. The van der Waals surface area contributed by atoms with Gasteiger partial charge in [0.25, 0.3) is 0 Å². The second-order valence-corrected chi connectivity index (χ2v) is 4.44. The molecule has 2 rings (SSSR count). The molecule has 0 spiro atoms. The zero-order chi connectivity index (χ0) is 15.1. The molecular weight excluding hydrogens is 266 g/mol. The summed E-state index contributed by atoms with van der Waals surface area (Å²) in [6.45, 7) is 2.58. The molecule has 0 aromatic heterocycles. The van der Waals surface area contributed by atoms with Gasteiger partial charge in [0.1, 0.15) is 12.7 Å². The molecule has 0 fully saturated rings. The van der Waals surface area contributed by atoms with Crippen molar-refractivity contribution in [1.82, 2.24) is 0 Å². The Labute approximate surface area is 124 Å². The lowest BCUT2D eigenvalue weighted by atomic mass is 10.1. The minimum absolute atomic E-state index is 0.121. The molecule has 0 bridgehead atoms. The topological polar surface area (TPSA) is 62.5 Å². The molecule has 0 aliphatic heterocycles. The van der Waals surface area contributed by atoms with Crippen molar-refractivity contribution >= 4 is 0 Å². The highest BCUT2D eigenvalue weighted by molar-refractivity contribution is 5.39. The van der Waals surface area contributed by atoms with E-state index in [0.717, 1.165) is 0 Å². The van der Waals surface area contributed by atoms with Gasteiger partial charge in [0.2, 0.25) is 0 Å². The normalized spacial score (nSPS) is 11.5. The molecule has 0 heterocycles. The van der Waals surface area contributed by atoms with Crippen LogP contribution >= 0.6 is 0 Å². The molecule has 0 aliphatic carbocycles. The smallest absolute Gasteiger partial charge is 0.161 e. The van der Waals surface area contributed by atoms with Crippen molar-refractivity contribution in [3.05, 3.63) is 59.7 Å². The Morgan fingerprint density at radius 1 is 1.05 bits per heavy atom. The molecule has 21 heavy (non-hydrogen) atoms. The van der Waals surface area contributed by atoms with E-state index < -0.39 is 6.10 Å². The van der Waals surface area contributed by atoms with E-state index >= 15 is 0 Å². The molecule has 108 valence electrons. The van der Waals surface area contributed by atoms with Gasteiger partial charge < -0.3 is 14.6 Å². The van der Waals surface area contributed by atoms with E-state index in [1.54, 1.807) is 30.3 Å². The fraction of sp³-hybridized carbons (Fsp3) is 0.235. The van der Waals surface area contributed by atoms with Crippen molar-refractivity contribution in [1.29, 1.82) is 5.26 Å². The van der Waals surface area contributed by atoms with Crippen molar-refractivity contribution in [2.24, 2.45) is 0 Å². The number of aliphatic hydroxyl groups excluding tert-OH is 1.